The second-order valence-corrected chi connectivity index (χ2v) is 7.50. The fourth-order valence-corrected chi connectivity index (χ4v) is 4.65. The number of nitrogens with zero attached hydrogens (tertiary/aromatic N) is 2. The molecule has 3 heterocycles. The summed E-state index contributed by atoms with van der Waals surface area (Å²) < 4.78 is 30.2. The minimum atomic E-state index is -3.04. The Kier molecular flexibility index (Phi) is 2.82. The van der Waals surface area contributed by atoms with Gasteiger partial charge in [-0.15, -0.1) is 0 Å². The Labute approximate surface area is 116 Å². The first-order valence-corrected chi connectivity index (χ1v) is 8.05. The Morgan fingerprint density at radius 1 is 1.50 bits per heavy atom. The molecule has 0 spiro atoms. The molecule has 1 saturated heterocycles. The normalized spacial score (nSPS) is 24.9. The maximum absolute atomic E-state index is 11.7. The second kappa shape index (κ2) is 4.31. The van der Waals surface area contributed by atoms with Gasteiger partial charge in [-0.25, -0.2) is 8.42 Å². The highest BCUT2D eigenvalue weighted by molar-refractivity contribution is 7.91. The van der Waals surface area contributed by atoms with Gasteiger partial charge in [0.25, 0.3) is 0 Å². The molecule has 0 N–H and O–H groups in total. The number of hydrogen-bond acceptors (Lipinski definition) is 5. The van der Waals surface area contributed by atoms with E-state index in [4.69, 9.17) is 4.42 Å². The topological polar surface area (TPSA) is 82.2 Å². The summed E-state index contributed by atoms with van der Waals surface area (Å²) in [6.07, 6.45) is 4.29. The van der Waals surface area contributed by atoms with Crippen LogP contribution in [0.2, 0.25) is 0 Å². The fraction of sp³-hybridized carbons (Fsp3) is 0.385. The number of aldehydes is 1. The molecule has 0 aliphatic carbocycles. The third-order valence-electron chi connectivity index (χ3n) is 3.66. The minimum absolute atomic E-state index is 0.0393. The molecule has 6 nitrogen and oxygen atoms in total. The van der Waals surface area contributed by atoms with E-state index in [-0.39, 0.29) is 11.5 Å². The maximum Gasteiger partial charge on any atom is 0.154 e. The average molecular weight is 294 g/mol. The van der Waals surface area contributed by atoms with Crippen LogP contribution in [-0.2, 0) is 15.4 Å². The lowest BCUT2D eigenvalue weighted by molar-refractivity contribution is 0.112. The molecule has 0 saturated carbocycles. The fourth-order valence-electron chi connectivity index (χ4n) is 2.53. The van der Waals surface area contributed by atoms with Crippen molar-refractivity contribution in [3.8, 4) is 11.5 Å². The molecule has 0 amide bonds. The highest BCUT2D eigenvalue weighted by atomic mass is 32.2. The molecule has 20 heavy (non-hydrogen) atoms. The number of aromatic nitrogens is 2. The molecule has 1 atom stereocenters. The van der Waals surface area contributed by atoms with Crippen molar-refractivity contribution in [1.82, 2.24) is 9.78 Å². The van der Waals surface area contributed by atoms with E-state index >= 15 is 0 Å². The van der Waals surface area contributed by atoms with Crippen LogP contribution in [0.4, 0.5) is 0 Å². The van der Waals surface area contributed by atoms with Crippen molar-refractivity contribution in [2.45, 2.75) is 18.9 Å². The predicted molar refractivity (Wildman–Crippen MR) is 72.2 cm³/mol. The molecule has 1 aliphatic rings. The van der Waals surface area contributed by atoms with Gasteiger partial charge in [-0.3, -0.25) is 9.48 Å². The number of carbonyl (C=O) groups is 1. The molecule has 1 fully saturated rings. The SMILES string of the molecule is CC1(n2cc(C=O)c(-c3ccco3)n2)CCS(=O)(=O)C1. The Balaban J connectivity index is 2.06. The van der Waals surface area contributed by atoms with Crippen LogP contribution in [-0.4, -0.2) is 36.0 Å². The van der Waals surface area contributed by atoms with Crippen LogP contribution in [0.1, 0.15) is 23.7 Å². The standard InChI is InChI=1S/C13H14N2O4S/c1-13(4-6-20(17,18)9-13)15-7-10(8-16)12(14-15)11-3-2-5-19-11/h2-3,5,7-8H,4,6,9H2,1H3. The minimum Gasteiger partial charge on any atom is -0.463 e. The zero-order valence-corrected chi connectivity index (χ0v) is 11.8. The molecular formula is C13H14N2O4S. The van der Waals surface area contributed by atoms with Crippen LogP contribution >= 0.6 is 0 Å². The Morgan fingerprint density at radius 3 is 2.85 bits per heavy atom. The van der Waals surface area contributed by atoms with Crippen molar-refractivity contribution in [2.24, 2.45) is 0 Å². The molecule has 3 rings (SSSR count). The third-order valence-corrected chi connectivity index (χ3v) is 5.55. The summed E-state index contributed by atoms with van der Waals surface area (Å²) in [5.41, 5.74) is 0.225. The van der Waals surface area contributed by atoms with Crippen LogP contribution < -0.4 is 0 Å². The van der Waals surface area contributed by atoms with E-state index in [2.05, 4.69) is 5.10 Å². The smallest absolute Gasteiger partial charge is 0.154 e. The van der Waals surface area contributed by atoms with Crippen molar-refractivity contribution >= 4 is 16.1 Å². The van der Waals surface area contributed by atoms with Crippen LogP contribution in [0, 0.1) is 0 Å². The molecular weight excluding hydrogens is 280 g/mol. The number of furan rings is 1. The van der Waals surface area contributed by atoms with Crippen molar-refractivity contribution in [2.75, 3.05) is 11.5 Å². The van der Waals surface area contributed by atoms with E-state index in [1.54, 1.807) is 23.0 Å². The van der Waals surface area contributed by atoms with Gasteiger partial charge in [-0.1, -0.05) is 0 Å². The van der Waals surface area contributed by atoms with Crippen molar-refractivity contribution in [3.63, 3.8) is 0 Å². The van der Waals surface area contributed by atoms with Crippen LogP contribution in [0.5, 0.6) is 0 Å². The van der Waals surface area contributed by atoms with Gasteiger partial charge in [0.05, 0.1) is 28.9 Å². The molecule has 0 radical (unpaired) electrons. The monoisotopic (exact) mass is 294 g/mol. The lowest BCUT2D eigenvalue weighted by atomic mass is 10.0. The molecule has 2 aromatic heterocycles. The van der Waals surface area contributed by atoms with E-state index in [1.165, 1.54) is 6.26 Å². The quantitative estimate of drug-likeness (QED) is 0.801. The third kappa shape index (κ3) is 2.07. The average Bonchev–Trinajstić information content (AvgIpc) is 3.07. The van der Waals surface area contributed by atoms with Gasteiger partial charge < -0.3 is 4.42 Å². The molecule has 1 aliphatic heterocycles. The summed E-state index contributed by atoms with van der Waals surface area (Å²) in [6, 6.07) is 3.43. The van der Waals surface area contributed by atoms with Gasteiger partial charge in [0.15, 0.2) is 21.9 Å². The highest BCUT2D eigenvalue weighted by Gasteiger charge is 2.41. The van der Waals surface area contributed by atoms with Crippen molar-refractivity contribution < 1.29 is 17.6 Å². The number of carbonyl (C=O) groups excluding carboxylic acids is 1. The Hall–Kier alpha value is -1.89. The lowest BCUT2D eigenvalue weighted by Crippen LogP contribution is -2.31. The van der Waals surface area contributed by atoms with E-state index in [0.717, 1.165) is 0 Å². The van der Waals surface area contributed by atoms with Gasteiger partial charge in [0.2, 0.25) is 0 Å². The number of sulfone groups is 1. The maximum atomic E-state index is 11.7. The zero-order valence-electron chi connectivity index (χ0n) is 10.9. The molecule has 2 aromatic rings. The summed E-state index contributed by atoms with van der Waals surface area (Å²) >= 11 is 0. The molecule has 106 valence electrons. The van der Waals surface area contributed by atoms with Crippen molar-refractivity contribution in [3.05, 3.63) is 30.2 Å². The van der Waals surface area contributed by atoms with E-state index in [1.807, 2.05) is 6.92 Å². The Bertz CT molecular complexity index is 745. The van der Waals surface area contributed by atoms with Gasteiger partial charge in [0.1, 0.15) is 5.69 Å². The number of hydrogen-bond donors (Lipinski definition) is 0. The van der Waals surface area contributed by atoms with E-state index in [9.17, 15) is 13.2 Å². The molecule has 7 heteroatoms. The van der Waals surface area contributed by atoms with Gasteiger partial charge in [0, 0.05) is 6.20 Å². The lowest BCUT2D eigenvalue weighted by Gasteiger charge is -2.22. The first-order valence-electron chi connectivity index (χ1n) is 6.23. The summed E-state index contributed by atoms with van der Waals surface area (Å²) in [5, 5.41) is 4.37. The first kappa shape index (κ1) is 13.1. The van der Waals surface area contributed by atoms with Crippen LogP contribution in [0.15, 0.2) is 29.0 Å². The Morgan fingerprint density at radius 2 is 2.30 bits per heavy atom. The molecule has 1 unspecified atom stereocenters. The van der Waals surface area contributed by atoms with Gasteiger partial charge in [-0.2, -0.15) is 5.10 Å². The predicted octanol–water partition coefficient (Wildman–Crippen LogP) is 1.49. The molecule has 0 bridgehead atoms. The summed E-state index contributed by atoms with van der Waals surface area (Å²) in [4.78, 5) is 11.2. The molecule has 0 aromatic carbocycles. The zero-order chi connectivity index (χ0) is 14.4. The second-order valence-electron chi connectivity index (χ2n) is 5.31. The summed E-state index contributed by atoms with van der Waals surface area (Å²) in [7, 11) is -3.04. The highest BCUT2D eigenvalue weighted by Crippen LogP contribution is 2.32. The largest absolute Gasteiger partial charge is 0.463 e. The summed E-state index contributed by atoms with van der Waals surface area (Å²) in [6.45, 7) is 1.84. The van der Waals surface area contributed by atoms with Crippen molar-refractivity contribution in [1.29, 1.82) is 0 Å². The van der Waals surface area contributed by atoms with Crippen LogP contribution in [0.25, 0.3) is 11.5 Å². The first-order chi connectivity index (χ1) is 9.43. The number of rotatable bonds is 3. The van der Waals surface area contributed by atoms with Gasteiger partial charge in [-0.05, 0) is 25.5 Å². The van der Waals surface area contributed by atoms with E-state index in [0.29, 0.717) is 29.7 Å². The van der Waals surface area contributed by atoms with Gasteiger partial charge >= 0.3 is 0 Å². The summed E-state index contributed by atoms with van der Waals surface area (Å²) in [5.74, 6) is 0.684. The van der Waals surface area contributed by atoms with E-state index < -0.39 is 15.4 Å². The van der Waals surface area contributed by atoms with Crippen LogP contribution in [0.3, 0.4) is 0 Å².